The number of nitrogens with one attached hydrogen (secondary N) is 1. The zero-order valence-corrected chi connectivity index (χ0v) is 14.5. The summed E-state index contributed by atoms with van der Waals surface area (Å²) in [7, 11) is 0. The molecule has 2 rings (SSSR count). The van der Waals surface area contributed by atoms with E-state index in [-0.39, 0.29) is 30.9 Å². The topological polar surface area (TPSA) is 15.3 Å². The van der Waals surface area contributed by atoms with Gasteiger partial charge in [-0.25, -0.2) is 4.39 Å². The predicted octanol–water partition coefficient (Wildman–Crippen LogP) is 4.43. The number of rotatable bonds is 4. The first-order chi connectivity index (χ1) is 9.93. The fourth-order valence-corrected chi connectivity index (χ4v) is 2.80. The van der Waals surface area contributed by atoms with Crippen molar-refractivity contribution in [2.75, 3.05) is 26.2 Å². The molecule has 8 heteroatoms. The Kier molecular flexibility index (Phi) is 9.43. The monoisotopic (exact) mass is 376 g/mol. The molecule has 23 heavy (non-hydrogen) atoms. The molecule has 1 atom stereocenters. The van der Waals surface area contributed by atoms with E-state index in [1.807, 2.05) is 6.92 Å². The maximum atomic E-state index is 13.8. The molecule has 1 heterocycles. The van der Waals surface area contributed by atoms with Crippen LogP contribution in [0.3, 0.4) is 0 Å². The number of alkyl halides is 3. The van der Waals surface area contributed by atoms with Gasteiger partial charge in [0.2, 0.25) is 0 Å². The highest BCUT2D eigenvalue weighted by Crippen LogP contribution is 2.34. The fourth-order valence-electron chi connectivity index (χ4n) is 2.80. The first kappa shape index (κ1) is 22.4. The van der Waals surface area contributed by atoms with Gasteiger partial charge < -0.3 is 5.32 Å². The van der Waals surface area contributed by atoms with Gasteiger partial charge in [0.25, 0.3) is 0 Å². The van der Waals surface area contributed by atoms with Gasteiger partial charge >= 0.3 is 6.18 Å². The molecule has 134 valence electrons. The van der Waals surface area contributed by atoms with Crippen LogP contribution in [0.2, 0.25) is 0 Å². The maximum Gasteiger partial charge on any atom is 0.419 e. The summed E-state index contributed by atoms with van der Waals surface area (Å²) in [5.41, 5.74) is -0.564. The second kappa shape index (κ2) is 9.67. The molecule has 0 spiro atoms. The van der Waals surface area contributed by atoms with E-state index in [2.05, 4.69) is 10.2 Å². The first-order valence-electron chi connectivity index (χ1n) is 7.25. The lowest BCUT2D eigenvalue weighted by molar-refractivity contribution is -0.140. The Bertz CT molecular complexity index is 477. The van der Waals surface area contributed by atoms with Gasteiger partial charge in [0, 0.05) is 32.2 Å². The molecule has 1 aromatic carbocycles. The quantitative estimate of drug-likeness (QED) is 0.781. The Balaban J connectivity index is 0.00000242. The zero-order valence-electron chi connectivity index (χ0n) is 12.8. The number of halogens is 6. The molecular formula is C15H22Cl2F4N2. The molecule has 0 radical (unpaired) electrons. The number of hydrogen-bond acceptors (Lipinski definition) is 2. The van der Waals surface area contributed by atoms with Crippen molar-refractivity contribution < 1.29 is 17.6 Å². The lowest BCUT2D eigenvalue weighted by Crippen LogP contribution is -2.45. The SMILES string of the molecule is CCC[C@H](c1ccc(C(F)(F)F)c(F)c1)N1CCNCC1.Cl.Cl. The summed E-state index contributed by atoms with van der Waals surface area (Å²) in [6.07, 6.45) is -2.93. The van der Waals surface area contributed by atoms with Crippen LogP contribution in [-0.4, -0.2) is 31.1 Å². The van der Waals surface area contributed by atoms with Crippen molar-refractivity contribution >= 4 is 24.8 Å². The van der Waals surface area contributed by atoms with Crippen LogP contribution in [0.4, 0.5) is 17.6 Å². The van der Waals surface area contributed by atoms with E-state index in [4.69, 9.17) is 0 Å². The van der Waals surface area contributed by atoms with E-state index >= 15 is 0 Å². The van der Waals surface area contributed by atoms with E-state index in [0.29, 0.717) is 5.56 Å². The molecule has 2 nitrogen and oxygen atoms in total. The number of nitrogens with zero attached hydrogens (tertiary/aromatic N) is 1. The lowest BCUT2D eigenvalue weighted by Gasteiger charge is -2.35. The Hall–Kier alpha value is -0.560. The minimum absolute atomic E-state index is 0. The molecular weight excluding hydrogens is 355 g/mol. The van der Waals surface area contributed by atoms with Crippen LogP contribution in [0, 0.1) is 5.82 Å². The van der Waals surface area contributed by atoms with Gasteiger partial charge in [0.05, 0.1) is 5.56 Å². The first-order valence-corrected chi connectivity index (χ1v) is 7.25. The fraction of sp³-hybridized carbons (Fsp3) is 0.600. The van der Waals surface area contributed by atoms with Crippen LogP contribution in [0.5, 0.6) is 0 Å². The van der Waals surface area contributed by atoms with E-state index < -0.39 is 17.6 Å². The average molecular weight is 377 g/mol. The summed E-state index contributed by atoms with van der Waals surface area (Å²) >= 11 is 0. The van der Waals surface area contributed by atoms with Gasteiger partial charge in [-0.2, -0.15) is 13.2 Å². The van der Waals surface area contributed by atoms with Crippen LogP contribution in [0.15, 0.2) is 18.2 Å². The van der Waals surface area contributed by atoms with Crippen molar-refractivity contribution in [2.45, 2.75) is 32.0 Å². The zero-order chi connectivity index (χ0) is 15.5. The molecule has 1 aromatic rings. The van der Waals surface area contributed by atoms with Gasteiger partial charge in [-0.3, -0.25) is 4.90 Å². The summed E-state index contributed by atoms with van der Waals surface area (Å²) in [5.74, 6) is -1.18. The molecule has 1 aliphatic heterocycles. The number of piperazine rings is 1. The second-order valence-electron chi connectivity index (χ2n) is 5.33. The molecule has 0 aliphatic carbocycles. The van der Waals surface area contributed by atoms with Gasteiger partial charge in [0.1, 0.15) is 5.82 Å². The average Bonchev–Trinajstić information content (AvgIpc) is 2.44. The molecule has 0 amide bonds. The summed E-state index contributed by atoms with van der Waals surface area (Å²) in [6, 6.07) is 3.29. The summed E-state index contributed by atoms with van der Waals surface area (Å²) < 4.78 is 51.6. The molecule has 0 aromatic heterocycles. The summed E-state index contributed by atoms with van der Waals surface area (Å²) in [5, 5.41) is 3.24. The van der Waals surface area contributed by atoms with E-state index in [0.717, 1.165) is 51.2 Å². The van der Waals surface area contributed by atoms with E-state index in [1.54, 1.807) is 0 Å². The molecule has 1 aliphatic rings. The highest BCUT2D eigenvalue weighted by Gasteiger charge is 2.34. The van der Waals surface area contributed by atoms with Crippen LogP contribution < -0.4 is 5.32 Å². The van der Waals surface area contributed by atoms with Gasteiger partial charge in [-0.15, -0.1) is 24.8 Å². The van der Waals surface area contributed by atoms with Crippen LogP contribution in [-0.2, 0) is 6.18 Å². The van der Waals surface area contributed by atoms with E-state index in [9.17, 15) is 17.6 Å². The predicted molar refractivity (Wildman–Crippen MR) is 88.0 cm³/mol. The highest BCUT2D eigenvalue weighted by atomic mass is 35.5. The minimum Gasteiger partial charge on any atom is -0.314 e. The van der Waals surface area contributed by atoms with Crippen molar-refractivity contribution in [2.24, 2.45) is 0 Å². The summed E-state index contributed by atoms with van der Waals surface area (Å²) in [4.78, 5) is 2.21. The van der Waals surface area contributed by atoms with E-state index in [1.165, 1.54) is 6.07 Å². The van der Waals surface area contributed by atoms with Gasteiger partial charge in [0.15, 0.2) is 0 Å². The highest BCUT2D eigenvalue weighted by molar-refractivity contribution is 5.85. The van der Waals surface area contributed by atoms with Crippen molar-refractivity contribution in [1.29, 1.82) is 0 Å². The number of benzene rings is 1. The maximum absolute atomic E-state index is 13.8. The molecule has 0 unspecified atom stereocenters. The molecule has 0 saturated carbocycles. The van der Waals surface area contributed by atoms with Crippen molar-refractivity contribution in [3.63, 3.8) is 0 Å². The third-order valence-electron chi connectivity index (χ3n) is 3.84. The molecule has 1 fully saturated rings. The third-order valence-corrected chi connectivity index (χ3v) is 3.84. The van der Waals surface area contributed by atoms with Crippen LogP contribution >= 0.6 is 24.8 Å². The van der Waals surface area contributed by atoms with Gasteiger partial charge in [-0.05, 0) is 24.1 Å². The van der Waals surface area contributed by atoms with Crippen molar-refractivity contribution in [3.8, 4) is 0 Å². The largest absolute Gasteiger partial charge is 0.419 e. The molecule has 1 N–H and O–H groups in total. The number of hydrogen-bond donors (Lipinski definition) is 1. The van der Waals surface area contributed by atoms with Gasteiger partial charge in [-0.1, -0.05) is 19.4 Å². The smallest absolute Gasteiger partial charge is 0.314 e. The normalized spacial score (nSPS) is 17.1. The summed E-state index contributed by atoms with van der Waals surface area (Å²) in [6.45, 7) is 5.38. The van der Waals surface area contributed by atoms with Crippen LogP contribution in [0.25, 0.3) is 0 Å². The minimum atomic E-state index is -4.64. The van der Waals surface area contributed by atoms with Crippen LogP contribution in [0.1, 0.15) is 36.9 Å². The Morgan fingerprint density at radius 1 is 1.17 bits per heavy atom. The third kappa shape index (κ3) is 5.78. The molecule has 0 bridgehead atoms. The van der Waals surface area contributed by atoms with Crippen molar-refractivity contribution in [3.05, 3.63) is 35.1 Å². The lowest BCUT2D eigenvalue weighted by atomic mass is 9.98. The standard InChI is InChI=1S/C15H20F4N2.2ClH/c1-2-3-14(21-8-6-20-7-9-21)11-4-5-12(13(16)10-11)15(17,18)19;;/h4-5,10,14,20H,2-3,6-9H2,1H3;2*1H/t14-;;/m1../s1. The Morgan fingerprint density at radius 3 is 2.26 bits per heavy atom. The Morgan fingerprint density at radius 2 is 1.78 bits per heavy atom. The van der Waals surface area contributed by atoms with Crippen molar-refractivity contribution in [1.82, 2.24) is 10.2 Å². The Labute approximate surface area is 146 Å². The second-order valence-corrected chi connectivity index (χ2v) is 5.33. The molecule has 1 saturated heterocycles.